The van der Waals surface area contributed by atoms with Gasteiger partial charge in [-0.05, 0) is 67.1 Å². The van der Waals surface area contributed by atoms with E-state index in [-0.39, 0.29) is 6.03 Å². The zero-order valence-corrected chi connectivity index (χ0v) is 15.1. The van der Waals surface area contributed by atoms with Gasteiger partial charge in [0, 0.05) is 12.6 Å². The third kappa shape index (κ3) is 3.05. The Hall–Kier alpha value is -1.91. The van der Waals surface area contributed by atoms with E-state index in [1.807, 2.05) is 18.2 Å². The van der Waals surface area contributed by atoms with Gasteiger partial charge in [-0.25, -0.2) is 4.79 Å². The van der Waals surface area contributed by atoms with Crippen molar-refractivity contribution >= 4 is 6.03 Å². The van der Waals surface area contributed by atoms with Gasteiger partial charge in [0.2, 0.25) is 0 Å². The maximum Gasteiger partial charge on any atom is 0.315 e. The molecule has 0 unspecified atom stereocenters. The highest BCUT2D eigenvalue weighted by molar-refractivity contribution is 5.74. The molecule has 0 heterocycles. The standard InChI is InChI=1S/C20H28N2O3/c1-24-18-7-6-12(8-19(18)25-2)11-21-20(23)22-17-10-13-9-16(17)15-5-3-4-14(13)15/h6-8,13-17H,3-5,9-11H2,1-2H3,(H2,21,22,23)/t13-,14+,15-,16+,17-/m1/s1. The molecule has 3 aliphatic rings. The molecule has 25 heavy (non-hydrogen) atoms. The number of carbonyl (C=O) groups excluding carboxylic acids is 1. The monoisotopic (exact) mass is 344 g/mol. The first kappa shape index (κ1) is 16.6. The van der Waals surface area contributed by atoms with Crippen LogP contribution in [0.1, 0.15) is 37.7 Å². The van der Waals surface area contributed by atoms with Crippen molar-refractivity contribution in [1.82, 2.24) is 10.6 Å². The minimum Gasteiger partial charge on any atom is -0.493 e. The average molecular weight is 344 g/mol. The number of benzene rings is 1. The van der Waals surface area contributed by atoms with E-state index in [0.29, 0.717) is 30.0 Å². The number of amides is 2. The molecule has 2 amide bonds. The minimum atomic E-state index is -0.0538. The van der Waals surface area contributed by atoms with Crippen LogP contribution in [0, 0.1) is 23.7 Å². The summed E-state index contributed by atoms with van der Waals surface area (Å²) in [4.78, 5) is 12.3. The van der Waals surface area contributed by atoms with Gasteiger partial charge in [0.15, 0.2) is 11.5 Å². The van der Waals surface area contributed by atoms with Crippen molar-refractivity contribution in [3.05, 3.63) is 23.8 Å². The molecular weight excluding hydrogens is 316 g/mol. The van der Waals surface area contributed by atoms with E-state index in [0.717, 1.165) is 23.3 Å². The largest absolute Gasteiger partial charge is 0.493 e. The van der Waals surface area contributed by atoms with Gasteiger partial charge in [0.25, 0.3) is 0 Å². The van der Waals surface area contributed by atoms with E-state index < -0.39 is 0 Å². The number of fused-ring (bicyclic) bond motifs is 5. The van der Waals surface area contributed by atoms with Crippen LogP contribution in [0.4, 0.5) is 4.79 Å². The van der Waals surface area contributed by atoms with Crippen LogP contribution in [0.3, 0.4) is 0 Å². The summed E-state index contributed by atoms with van der Waals surface area (Å²) in [5.41, 5.74) is 0.997. The molecule has 136 valence electrons. The van der Waals surface area contributed by atoms with Crippen LogP contribution in [-0.4, -0.2) is 26.3 Å². The molecule has 3 saturated carbocycles. The fraction of sp³-hybridized carbons (Fsp3) is 0.650. The van der Waals surface area contributed by atoms with Crippen LogP contribution in [0.25, 0.3) is 0 Å². The van der Waals surface area contributed by atoms with E-state index in [1.165, 1.54) is 32.1 Å². The van der Waals surface area contributed by atoms with Crippen molar-refractivity contribution in [2.24, 2.45) is 23.7 Å². The molecule has 0 radical (unpaired) electrons. The number of rotatable bonds is 5. The summed E-state index contributed by atoms with van der Waals surface area (Å²) < 4.78 is 10.6. The Kier molecular flexibility index (Phi) is 4.48. The van der Waals surface area contributed by atoms with Crippen LogP contribution >= 0.6 is 0 Å². The Morgan fingerprint density at radius 1 is 1.08 bits per heavy atom. The smallest absolute Gasteiger partial charge is 0.315 e. The molecule has 2 N–H and O–H groups in total. The summed E-state index contributed by atoms with van der Waals surface area (Å²) in [6.07, 6.45) is 6.69. The lowest BCUT2D eigenvalue weighted by Crippen LogP contribution is -2.46. The Bertz CT molecular complexity index is 648. The molecule has 3 fully saturated rings. The predicted octanol–water partition coefficient (Wildman–Crippen LogP) is 3.33. The number of nitrogens with one attached hydrogen (secondary N) is 2. The van der Waals surface area contributed by atoms with Crippen molar-refractivity contribution < 1.29 is 14.3 Å². The van der Waals surface area contributed by atoms with Crippen molar-refractivity contribution in [3.8, 4) is 11.5 Å². The van der Waals surface area contributed by atoms with Crippen LogP contribution in [0.5, 0.6) is 11.5 Å². The molecule has 2 bridgehead atoms. The van der Waals surface area contributed by atoms with Gasteiger partial charge in [-0.15, -0.1) is 0 Å². The second-order valence-electron chi connectivity index (χ2n) is 7.78. The molecular formula is C20H28N2O3. The molecule has 1 aromatic carbocycles. The van der Waals surface area contributed by atoms with Gasteiger partial charge >= 0.3 is 6.03 Å². The lowest BCUT2D eigenvalue weighted by molar-refractivity contribution is 0.197. The zero-order valence-electron chi connectivity index (χ0n) is 15.1. The Labute approximate surface area is 149 Å². The van der Waals surface area contributed by atoms with Crippen molar-refractivity contribution in [2.45, 2.75) is 44.7 Å². The zero-order chi connectivity index (χ0) is 17.4. The topological polar surface area (TPSA) is 59.6 Å². The van der Waals surface area contributed by atoms with Gasteiger partial charge in [-0.1, -0.05) is 12.5 Å². The van der Waals surface area contributed by atoms with Crippen LogP contribution < -0.4 is 20.1 Å². The van der Waals surface area contributed by atoms with E-state index >= 15 is 0 Å². The molecule has 0 aromatic heterocycles. The van der Waals surface area contributed by atoms with E-state index in [2.05, 4.69) is 10.6 Å². The van der Waals surface area contributed by atoms with Gasteiger partial charge < -0.3 is 20.1 Å². The third-order valence-corrected chi connectivity index (χ3v) is 6.65. The lowest BCUT2D eigenvalue weighted by Gasteiger charge is -2.32. The molecule has 1 aromatic rings. The highest BCUT2D eigenvalue weighted by Gasteiger charge is 2.54. The second kappa shape index (κ2) is 6.77. The summed E-state index contributed by atoms with van der Waals surface area (Å²) in [6.45, 7) is 0.485. The van der Waals surface area contributed by atoms with Crippen molar-refractivity contribution in [1.29, 1.82) is 0 Å². The highest BCUT2D eigenvalue weighted by atomic mass is 16.5. The molecule has 0 spiro atoms. The first-order chi connectivity index (χ1) is 12.2. The Balaban J connectivity index is 1.30. The van der Waals surface area contributed by atoms with E-state index in [9.17, 15) is 4.79 Å². The van der Waals surface area contributed by atoms with Crippen LogP contribution in [-0.2, 0) is 6.54 Å². The normalized spacial score (nSPS) is 32.3. The molecule has 5 atom stereocenters. The second-order valence-corrected chi connectivity index (χ2v) is 7.78. The summed E-state index contributed by atoms with van der Waals surface area (Å²) in [6, 6.07) is 6.03. The predicted molar refractivity (Wildman–Crippen MR) is 95.8 cm³/mol. The van der Waals surface area contributed by atoms with Gasteiger partial charge in [-0.3, -0.25) is 0 Å². The number of ether oxygens (including phenoxy) is 2. The van der Waals surface area contributed by atoms with E-state index in [1.54, 1.807) is 14.2 Å². The molecule has 3 aliphatic carbocycles. The van der Waals surface area contributed by atoms with Gasteiger partial charge in [0.1, 0.15) is 0 Å². The number of methoxy groups -OCH3 is 2. The highest BCUT2D eigenvalue weighted by Crippen LogP contribution is 2.58. The maximum absolute atomic E-state index is 12.3. The SMILES string of the molecule is COc1ccc(CNC(=O)N[C@@H]2C[C@H]3C[C@H]2[C@@H]2CCC[C@@H]32)cc1OC. The third-order valence-electron chi connectivity index (χ3n) is 6.65. The van der Waals surface area contributed by atoms with Crippen molar-refractivity contribution in [2.75, 3.05) is 14.2 Å². The summed E-state index contributed by atoms with van der Waals surface area (Å²) in [7, 11) is 3.24. The summed E-state index contributed by atoms with van der Waals surface area (Å²) in [5.74, 6) is 4.78. The maximum atomic E-state index is 12.3. The van der Waals surface area contributed by atoms with Gasteiger partial charge in [0.05, 0.1) is 14.2 Å². The summed E-state index contributed by atoms with van der Waals surface area (Å²) >= 11 is 0. The van der Waals surface area contributed by atoms with E-state index in [4.69, 9.17) is 9.47 Å². The molecule has 5 nitrogen and oxygen atoms in total. The fourth-order valence-corrected chi connectivity index (χ4v) is 5.63. The number of hydrogen-bond donors (Lipinski definition) is 2. The Morgan fingerprint density at radius 3 is 2.68 bits per heavy atom. The molecule has 0 saturated heterocycles. The summed E-state index contributed by atoms with van der Waals surface area (Å²) in [5, 5.41) is 6.23. The lowest BCUT2D eigenvalue weighted by atomic mass is 9.79. The minimum absolute atomic E-state index is 0.0538. The number of hydrogen-bond acceptors (Lipinski definition) is 3. The number of carbonyl (C=O) groups is 1. The molecule has 0 aliphatic heterocycles. The molecule has 4 rings (SSSR count). The Morgan fingerprint density at radius 2 is 1.88 bits per heavy atom. The van der Waals surface area contributed by atoms with Crippen LogP contribution in [0.15, 0.2) is 18.2 Å². The number of urea groups is 1. The quantitative estimate of drug-likeness (QED) is 0.861. The first-order valence-corrected chi connectivity index (χ1v) is 9.45. The van der Waals surface area contributed by atoms with Crippen LogP contribution in [0.2, 0.25) is 0 Å². The van der Waals surface area contributed by atoms with Crippen molar-refractivity contribution in [3.63, 3.8) is 0 Å². The van der Waals surface area contributed by atoms with Gasteiger partial charge in [-0.2, -0.15) is 0 Å². The average Bonchev–Trinajstić information content (AvgIpc) is 3.32. The first-order valence-electron chi connectivity index (χ1n) is 9.45. The molecule has 5 heteroatoms. The fourth-order valence-electron chi connectivity index (χ4n) is 5.63.